The van der Waals surface area contributed by atoms with Crippen molar-refractivity contribution in [3.63, 3.8) is 0 Å². The van der Waals surface area contributed by atoms with Gasteiger partial charge in [0.2, 0.25) is 0 Å². The zero-order valence-corrected chi connectivity index (χ0v) is 13.1. The van der Waals surface area contributed by atoms with E-state index in [-0.39, 0.29) is 8.68 Å². The number of thiazole rings is 1. The molecule has 1 fully saturated rings. The number of rotatable bonds is 5. The summed E-state index contributed by atoms with van der Waals surface area (Å²) in [7, 11) is -1.38. The van der Waals surface area contributed by atoms with Crippen molar-refractivity contribution in [2.45, 2.75) is 4.21 Å². The van der Waals surface area contributed by atoms with E-state index in [0.29, 0.717) is 6.54 Å². The molecule has 0 radical (unpaired) electrons. The van der Waals surface area contributed by atoms with Crippen LogP contribution in [0.3, 0.4) is 0 Å². The first-order valence-electron chi connectivity index (χ1n) is 5.99. The topological polar surface area (TPSA) is 65.5 Å². The van der Waals surface area contributed by atoms with Crippen LogP contribution in [0, 0.1) is 0 Å². The molecule has 108 valence electrons. The van der Waals surface area contributed by atoms with Gasteiger partial charge in [-0.15, -0.1) is 0 Å². The van der Waals surface area contributed by atoms with Gasteiger partial charge in [-0.1, -0.05) is 22.9 Å². The molecule has 2 heterocycles. The van der Waals surface area contributed by atoms with Crippen LogP contribution in [0.5, 0.6) is 0 Å². The molecule has 0 saturated carbocycles. The standard InChI is InChI=1S/C10H17ClN4O2S2/c1-14-4-6-15(7-5-14)3-2-13-19(16,17)9-8-12-10(11)18-9/h8,13H,2-7H2,1H3. The second kappa shape index (κ2) is 6.47. The van der Waals surface area contributed by atoms with E-state index in [9.17, 15) is 8.42 Å². The van der Waals surface area contributed by atoms with Gasteiger partial charge in [-0.25, -0.2) is 18.1 Å². The summed E-state index contributed by atoms with van der Waals surface area (Å²) < 4.78 is 26.8. The maximum absolute atomic E-state index is 11.9. The summed E-state index contributed by atoms with van der Waals surface area (Å²) in [6, 6.07) is 0. The molecule has 0 atom stereocenters. The van der Waals surface area contributed by atoms with Gasteiger partial charge < -0.3 is 4.90 Å². The second-order valence-electron chi connectivity index (χ2n) is 4.47. The number of likely N-dealkylation sites (N-methyl/N-ethyl adjacent to an activating group) is 1. The van der Waals surface area contributed by atoms with Gasteiger partial charge in [0.1, 0.15) is 0 Å². The summed E-state index contributed by atoms with van der Waals surface area (Å²) in [5.41, 5.74) is 0. The van der Waals surface area contributed by atoms with Crippen molar-refractivity contribution in [1.82, 2.24) is 19.5 Å². The summed E-state index contributed by atoms with van der Waals surface area (Å²) in [5, 5.41) is 0. The van der Waals surface area contributed by atoms with E-state index in [1.165, 1.54) is 6.20 Å². The lowest BCUT2D eigenvalue weighted by Crippen LogP contribution is -2.46. The van der Waals surface area contributed by atoms with Crippen molar-refractivity contribution < 1.29 is 8.42 Å². The molecule has 0 bridgehead atoms. The molecule has 1 aliphatic rings. The molecule has 0 aliphatic carbocycles. The molecule has 19 heavy (non-hydrogen) atoms. The predicted octanol–water partition coefficient (Wildman–Crippen LogP) is 0.322. The van der Waals surface area contributed by atoms with Gasteiger partial charge in [0.05, 0.1) is 6.20 Å². The highest BCUT2D eigenvalue weighted by molar-refractivity contribution is 7.91. The van der Waals surface area contributed by atoms with Crippen LogP contribution >= 0.6 is 22.9 Å². The summed E-state index contributed by atoms with van der Waals surface area (Å²) in [4.78, 5) is 8.25. The molecule has 0 unspecified atom stereocenters. The van der Waals surface area contributed by atoms with Crippen molar-refractivity contribution in [1.29, 1.82) is 0 Å². The van der Waals surface area contributed by atoms with Gasteiger partial charge in [0, 0.05) is 39.3 Å². The molecule has 9 heteroatoms. The van der Waals surface area contributed by atoms with Crippen molar-refractivity contribution in [2.24, 2.45) is 0 Å². The Kier molecular flexibility index (Phi) is 5.15. The lowest BCUT2D eigenvalue weighted by atomic mass is 10.3. The Bertz CT molecular complexity index is 511. The zero-order valence-electron chi connectivity index (χ0n) is 10.7. The summed E-state index contributed by atoms with van der Waals surface area (Å²) in [6.45, 7) is 5.13. The number of sulfonamides is 1. The van der Waals surface area contributed by atoms with Gasteiger partial charge >= 0.3 is 0 Å². The quantitative estimate of drug-likeness (QED) is 0.845. The first-order chi connectivity index (χ1) is 8.97. The third-order valence-electron chi connectivity index (χ3n) is 3.04. The minimum Gasteiger partial charge on any atom is -0.304 e. The van der Waals surface area contributed by atoms with E-state index in [1.54, 1.807) is 0 Å². The Morgan fingerprint density at radius 1 is 1.42 bits per heavy atom. The zero-order chi connectivity index (χ0) is 13.9. The molecule has 1 N–H and O–H groups in total. The minimum atomic E-state index is -3.47. The van der Waals surface area contributed by atoms with Gasteiger partial charge in [0.15, 0.2) is 8.68 Å². The normalized spacial score (nSPS) is 18.8. The summed E-state index contributed by atoms with van der Waals surface area (Å²) in [6.07, 6.45) is 1.28. The first-order valence-corrected chi connectivity index (χ1v) is 8.67. The lowest BCUT2D eigenvalue weighted by Gasteiger charge is -2.32. The van der Waals surface area contributed by atoms with Crippen molar-refractivity contribution in [3.05, 3.63) is 10.7 Å². The smallest absolute Gasteiger partial charge is 0.251 e. The number of aromatic nitrogens is 1. The van der Waals surface area contributed by atoms with Crippen molar-refractivity contribution in [3.8, 4) is 0 Å². The molecule has 0 amide bonds. The number of halogens is 1. The molecule has 1 aromatic heterocycles. The van der Waals surface area contributed by atoms with Crippen LogP contribution < -0.4 is 4.72 Å². The highest BCUT2D eigenvalue weighted by Crippen LogP contribution is 2.21. The third kappa shape index (κ3) is 4.37. The van der Waals surface area contributed by atoms with Crippen LogP contribution in [0.4, 0.5) is 0 Å². The van der Waals surface area contributed by atoms with E-state index < -0.39 is 10.0 Å². The Balaban J connectivity index is 1.79. The second-order valence-corrected chi connectivity index (χ2v) is 8.08. The summed E-state index contributed by atoms with van der Waals surface area (Å²) in [5.74, 6) is 0. The number of nitrogens with zero attached hydrogens (tertiary/aromatic N) is 3. The highest BCUT2D eigenvalue weighted by Gasteiger charge is 2.18. The monoisotopic (exact) mass is 324 g/mol. The molecular weight excluding hydrogens is 308 g/mol. The molecule has 1 aromatic rings. The van der Waals surface area contributed by atoms with E-state index >= 15 is 0 Å². The van der Waals surface area contributed by atoms with Crippen LogP contribution in [0.25, 0.3) is 0 Å². The fraction of sp³-hybridized carbons (Fsp3) is 0.700. The van der Waals surface area contributed by atoms with Crippen LogP contribution in [0.2, 0.25) is 4.47 Å². The van der Waals surface area contributed by atoms with Gasteiger partial charge in [0.25, 0.3) is 10.0 Å². The van der Waals surface area contributed by atoms with Crippen LogP contribution in [0.1, 0.15) is 0 Å². The lowest BCUT2D eigenvalue weighted by molar-refractivity contribution is 0.156. The third-order valence-corrected chi connectivity index (χ3v) is 6.07. The largest absolute Gasteiger partial charge is 0.304 e. The average molecular weight is 325 g/mol. The Hall–Kier alpha value is -0.250. The fourth-order valence-corrected chi connectivity index (χ4v) is 4.20. The number of hydrogen-bond acceptors (Lipinski definition) is 6. The molecule has 1 saturated heterocycles. The Morgan fingerprint density at radius 2 is 2.11 bits per heavy atom. The fourth-order valence-electron chi connectivity index (χ4n) is 1.84. The van der Waals surface area contributed by atoms with Gasteiger partial charge in [-0.3, -0.25) is 4.90 Å². The van der Waals surface area contributed by atoms with E-state index in [2.05, 4.69) is 26.6 Å². The SMILES string of the molecule is CN1CCN(CCNS(=O)(=O)c2cnc(Cl)s2)CC1. The minimum absolute atomic E-state index is 0.163. The Labute approximate surface area is 122 Å². The first kappa shape index (κ1) is 15.1. The predicted molar refractivity (Wildman–Crippen MR) is 76.2 cm³/mol. The number of hydrogen-bond donors (Lipinski definition) is 1. The summed E-state index contributed by atoms with van der Waals surface area (Å²) >= 11 is 6.60. The van der Waals surface area contributed by atoms with Gasteiger partial charge in [-0.2, -0.15) is 0 Å². The van der Waals surface area contributed by atoms with E-state index in [0.717, 1.165) is 44.1 Å². The van der Waals surface area contributed by atoms with E-state index in [4.69, 9.17) is 11.6 Å². The van der Waals surface area contributed by atoms with Gasteiger partial charge in [-0.05, 0) is 7.05 Å². The molecule has 1 aliphatic heterocycles. The average Bonchev–Trinajstić information content (AvgIpc) is 2.79. The van der Waals surface area contributed by atoms with Crippen LogP contribution in [-0.4, -0.2) is 69.5 Å². The molecule has 0 aromatic carbocycles. The number of nitrogens with one attached hydrogen (secondary N) is 1. The molecule has 0 spiro atoms. The van der Waals surface area contributed by atoms with Crippen molar-refractivity contribution >= 4 is 33.0 Å². The molecule has 6 nitrogen and oxygen atoms in total. The molecular formula is C10H17ClN4O2S2. The van der Waals surface area contributed by atoms with Crippen molar-refractivity contribution in [2.75, 3.05) is 46.3 Å². The maximum atomic E-state index is 11.9. The van der Waals surface area contributed by atoms with Crippen LogP contribution in [-0.2, 0) is 10.0 Å². The molecule has 2 rings (SSSR count). The maximum Gasteiger partial charge on any atom is 0.251 e. The Morgan fingerprint density at radius 3 is 2.68 bits per heavy atom. The van der Waals surface area contributed by atoms with E-state index in [1.807, 2.05) is 0 Å². The number of piperazine rings is 1. The highest BCUT2D eigenvalue weighted by atomic mass is 35.5. The van der Waals surface area contributed by atoms with Crippen LogP contribution in [0.15, 0.2) is 10.4 Å².